The van der Waals surface area contributed by atoms with Crippen LogP contribution >= 0.6 is 15.3 Å². The number of halogens is 1. The normalized spacial score (nSPS) is 22.0. The Balaban J connectivity index is 2.85. The molecule has 1 heterocycles. The molecule has 48 heavy (non-hydrogen) atoms. The van der Waals surface area contributed by atoms with Gasteiger partial charge in [-0.15, -0.1) is 15.3 Å². The van der Waals surface area contributed by atoms with E-state index in [9.17, 15) is 0 Å². The third kappa shape index (κ3) is 7.80. The number of hydrogen-bond donors (Lipinski definition) is 0. The van der Waals surface area contributed by atoms with Crippen LogP contribution in [0.25, 0.3) is 0 Å². The predicted molar refractivity (Wildman–Crippen MR) is 251 cm³/mol. The van der Waals surface area contributed by atoms with Gasteiger partial charge in [-0.05, 0) is 49.0 Å². The maximum Gasteiger partial charge on any atom is 0.175 e. The fourth-order valence-electron chi connectivity index (χ4n) is 13.0. The van der Waals surface area contributed by atoms with Gasteiger partial charge >= 0.3 is 0 Å². The highest BCUT2D eigenvalue weighted by Gasteiger charge is 2.62. The van der Waals surface area contributed by atoms with Gasteiger partial charge in [-0.1, -0.05) is 186 Å². The second kappa shape index (κ2) is 13.5. The third-order valence-corrected chi connectivity index (χ3v) is 59.0. The first kappa shape index (κ1) is 43.1. The zero-order chi connectivity index (χ0) is 37.5. The first-order valence-corrected chi connectivity index (χ1v) is 48.4. The maximum absolute atomic E-state index is 4.92. The van der Waals surface area contributed by atoms with E-state index in [1.807, 2.05) is 21.9 Å². The number of allylic oxidation sites excluding steroid dienone is 6. The van der Waals surface area contributed by atoms with Crippen LogP contribution in [-0.2, 0) is 4.28 Å². The molecular weight excluding hydrogens is 773 g/mol. The lowest BCUT2D eigenvalue weighted by molar-refractivity contribution is 0.994. The molecule has 0 N–H and O–H groups in total. The van der Waals surface area contributed by atoms with Crippen LogP contribution in [0.1, 0.15) is 33.4 Å². The summed E-state index contributed by atoms with van der Waals surface area (Å²) in [6, 6.07) is 7.25. The van der Waals surface area contributed by atoms with Crippen LogP contribution in [0, 0.1) is 0 Å². The Labute approximate surface area is 316 Å². The van der Waals surface area contributed by atoms with Crippen molar-refractivity contribution >= 4 is 83.7 Å². The summed E-state index contributed by atoms with van der Waals surface area (Å²) in [7, 11) is -11.6. The van der Waals surface area contributed by atoms with Crippen molar-refractivity contribution in [2.24, 2.45) is 0 Å². The van der Waals surface area contributed by atoms with Gasteiger partial charge in [0.15, 0.2) is 6.69 Å². The molecule has 2 aliphatic rings. The number of rotatable bonds is 11. The Kier molecular flexibility index (Phi) is 12.1. The molecule has 0 radical (unpaired) electrons. The van der Waals surface area contributed by atoms with Crippen LogP contribution in [0.5, 0.6) is 0 Å². The quantitative estimate of drug-likeness (QED) is 0.118. The summed E-state index contributed by atoms with van der Waals surface area (Å²) in [5, 5.41) is 3.35. The summed E-state index contributed by atoms with van der Waals surface area (Å²) < 4.78 is 0.369. The van der Waals surface area contributed by atoms with E-state index in [-0.39, 0.29) is 0 Å². The van der Waals surface area contributed by atoms with Crippen LogP contribution in [0.4, 0.5) is 0 Å². The van der Waals surface area contributed by atoms with Crippen LogP contribution in [-0.4, -0.2) is 63.2 Å². The average molecular weight is 851 g/mol. The fourth-order valence-corrected chi connectivity index (χ4v) is 76.2. The Morgan fingerprint density at radius 2 is 0.979 bits per heavy atom. The minimum Gasteiger partial charge on any atom is -0.119 e. The van der Waals surface area contributed by atoms with Crippen molar-refractivity contribution < 1.29 is 0 Å². The molecule has 1 aromatic rings. The van der Waals surface area contributed by atoms with Crippen LogP contribution in [0.3, 0.4) is 0 Å². The van der Waals surface area contributed by atoms with Crippen LogP contribution in [0.2, 0.25) is 149 Å². The minimum absolute atomic E-state index is 0.369. The molecule has 0 spiro atoms. The average Bonchev–Trinajstić information content (AvgIpc) is 2.93. The van der Waals surface area contributed by atoms with E-state index >= 15 is 0 Å². The van der Waals surface area contributed by atoms with Gasteiger partial charge in [0.2, 0.25) is 0 Å². The Morgan fingerprint density at radius 3 is 1.31 bits per heavy atom. The third-order valence-electron chi connectivity index (χ3n) is 12.0. The number of fused-ring (bicyclic) bond motifs is 1. The van der Waals surface area contributed by atoms with Crippen molar-refractivity contribution in [2.45, 2.75) is 170 Å². The molecule has 0 amide bonds. The molecule has 0 fully saturated rings. The van der Waals surface area contributed by atoms with Crippen LogP contribution < -0.4 is 5.19 Å². The molecule has 3 rings (SSSR count). The number of benzene rings is 1. The van der Waals surface area contributed by atoms with Crippen molar-refractivity contribution in [3.05, 3.63) is 64.8 Å². The van der Waals surface area contributed by atoms with Gasteiger partial charge in [-0.2, -0.15) is 0 Å². The largest absolute Gasteiger partial charge is 0.175 e. The second-order valence-corrected chi connectivity index (χ2v) is 70.3. The molecule has 1 aliphatic heterocycles. The topological polar surface area (TPSA) is 0 Å². The Bertz CT molecular complexity index is 1320. The van der Waals surface area contributed by atoms with Crippen molar-refractivity contribution in [1.82, 2.24) is 0 Å². The van der Waals surface area contributed by atoms with E-state index in [1.165, 1.54) is 6.04 Å². The van der Waals surface area contributed by atoms with Gasteiger partial charge in [0.05, 0.1) is 0 Å². The van der Waals surface area contributed by atoms with E-state index in [4.69, 9.17) is 15.3 Å². The lowest BCUT2D eigenvalue weighted by Crippen LogP contribution is -2.74. The zero-order valence-electron chi connectivity index (χ0n) is 35.6. The molecular formula is C39H77BrSi8. The standard InChI is InChI=1S/C39H77BrSi8/c1-41(2,3)37(42(4,5)6)33-29-32(39(45(13,14)15,46(16,17)18)47(19,20)21)30-34(38(43(7,8)9)44(10,11)12)36(33)48(40)28-27-31-25-23-22-24-26-35(31)48/h22-24,26-27,29-30,35,37-38H,25,28H2,1-21H3/t35-,48+/m0/s1. The summed E-state index contributed by atoms with van der Waals surface area (Å²) in [4.78, 5) is 0. The molecule has 0 unspecified atom stereocenters. The van der Waals surface area contributed by atoms with E-state index < -0.39 is 63.2 Å². The molecule has 1 aliphatic carbocycles. The van der Waals surface area contributed by atoms with Gasteiger partial charge in [0, 0.05) is 62.1 Å². The molecule has 0 nitrogen and oxygen atoms in total. The van der Waals surface area contributed by atoms with E-state index in [1.54, 1.807) is 5.57 Å². The van der Waals surface area contributed by atoms with Crippen LogP contribution in [0.15, 0.2) is 48.1 Å². The number of hydrogen-bond acceptors (Lipinski definition) is 0. The summed E-state index contributed by atoms with van der Waals surface area (Å²) in [6.07, 6.45) is 13.5. The summed E-state index contributed by atoms with van der Waals surface area (Å²) in [6.45, 7) is 55.3. The monoisotopic (exact) mass is 848 g/mol. The highest BCUT2D eigenvalue weighted by Crippen LogP contribution is 2.54. The Morgan fingerprint density at radius 1 is 0.604 bits per heavy atom. The molecule has 9 heteroatoms. The van der Waals surface area contributed by atoms with Gasteiger partial charge in [-0.3, -0.25) is 0 Å². The second-order valence-electron chi connectivity index (χ2n) is 23.2. The molecule has 0 saturated heterocycles. The molecule has 0 aromatic heterocycles. The van der Waals surface area contributed by atoms with Gasteiger partial charge in [-0.25, -0.2) is 0 Å². The van der Waals surface area contributed by atoms with Crippen molar-refractivity contribution in [3.63, 3.8) is 0 Å². The first-order valence-electron chi connectivity index (χ1n) is 19.0. The van der Waals surface area contributed by atoms with E-state index in [0.717, 1.165) is 16.7 Å². The SMILES string of the molecule is C[Si](C)(C)C(c1cc(C([Si](C)(C)C)([Si](C)(C)C)[Si](C)(C)C)cc(C([Si](C)(C)C)[Si](C)(C)C)c1[Si@@]1(Br)CC=C2CC=CC=C[C@@H]21)[Si](C)(C)C. The smallest absolute Gasteiger partial charge is 0.119 e. The first-order chi connectivity index (χ1) is 21.1. The highest BCUT2D eigenvalue weighted by atomic mass is 79.9. The highest BCUT2D eigenvalue weighted by molar-refractivity contribution is 9.26. The molecule has 2 atom stereocenters. The van der Waals surface area contributed by atoms with E-state index in [2.05, 4.69) is 180 Å². The van der Waals surface area contributed by atoms with Gasteiger partial charge in [0.1, 0.15) is 0 Å². The maximum atomic E-state index is 4.92. The molecule has 0 saturated carbocycles. The van der Waals surface area contributed by atoms with Crippen molar-refractivity contribution in [3.8, 4) is 0 Å². The van der Waals surface area contributed by atoms with E-state index in [0.29, 0.717) is 9.83 Å². The Hall–Kier alpha value is 0.655. The molecule has 1 aromatic carbocycles. The van der Waals surface area contributed by atoms with Gasteiger partial charge < -0.3 is 0 Å². The minimum atomic E-state index is -2.19. The lowest BCUT2D eigenvalue weighted by Gasteiger charge is -2.60. The van der Waals surface area contributed by atoms with Crippen molar-refractivity contribution in [2.75, 3.05) is 0 Å². The predicted octanol–water partition coefficient (Wildman–Crippen LogP) is 13.6. The van der Waals surface area contributed by atoms with Crippen molar-refractivity contribution in [1.29, 1.82) is 0 Å². The van der Waals surface area contributed by atoms with Gasteiger partial charge in [0.25, 0.3) is 0 Å². The lowest BCUT2D eigenvalue weighted by atomic mass is 10.1. The summed E-state index contributed by atoms with van der Waals surface area (Å²) >= 11 is 4.92. The zero-order valence-corrected chi connectivity index (χ0v) is 45.2. The molecule has 272 valence electrons. The fraction of sp³-hybridized carbons (Fsp3) is 0.692. The summed E-state index contributed by atoms with van der Waals surface area (Å²) in [5.74, 6) is 0. The summed E-state index contributed by atoms with van der Waals surface area (Å²) in [5.41, 5.74) is 7.78. The molecule has 0 bridgehead atoms.